The molecule has 0 spiro atoms. The lowest BCUT2D eigenvalue weighted by Gasteiger charge is -2.23. The Morgan fingerprint density at radius 2 is 1.25 bits per heavy atom. The van der Waals surface area contributed by atoms with Crippen molar-refractivity contribution in [1.82, 2.24) is 14.5 Å². The summed E-state index contributed by atoms with van der Waals surface area (Å²) in [5, 5.41) is 5.60. The first-order valence-electron chi connectivity index (χ1n) is 17.5. The molecule has 0 atom stereocenters. The molecule has 0 bridgehead atoms. The fourth-order valence-corrected chi connectivity index (χ4v) is 8.77. The number of fused-ring (bicyclic) bond motifs is 12. The lowest BCUT2D eigenvalue weighted by atomic mass is 9.81. The molecule has 0 N–H and O–H groups in total. The second-order valence-electron chi connectivity index (χ2n) is 14.1. The number of benzene rings is 7. The first-order valence-corrected chi connectivity index (χ1v) is 17.5. The molecule has 1 aliphatic carbocycles. The molecule has 0 radical (unpaired) electrons. The van der Waals surface area contributed by atoms with Crippen LogP contribution in [0.25, 0.3) is 94.1 Å². The van der Waals surface area contributed by atoms with Gasteiger partial charge in [-0.1, -0.05) is 123 Å². The SMILES string of the molecule is CC1(C)c2ccccc2-c2ccc3c(-c4ccccc4)nc(-c4cccc5c4oc4ccc6c(c7ccccc7n6-c6ccccc6)c45)nc3c21. The molecule has 240 valence electrons. The van der Waals surface area contributed by atoms with Crippen molar-refractivity contribution in [2.24, 2.45) is 0 Å². The highest BCUT2D eigenvalue weighted by Crippen LogP contribution is 2.52. The van der Waals surface area contributed by atoms with Gasteiger partial charge in [-0.25, -0.2) is 9.97 Å². The third-order valence-electron chi connectivity index (χ3n) is 11.0. The maximum atomic E-state index is 6.86. The van der Waals surface area contributed by atoms with Gasteiger partial charge in [0, 0.05) is 43.6 Å². The summed E-state index contributed by atoms with van der Waals surface area (Å²) in [5.74, 6) is 0.661. The van der Waals surface area contributed by atoms with Gasteiger partial charge < -0.3 is 8.98 Å². The van der Waals surface area contributed by atoms with Gasteiger partial charge in [0.05, 0.1) is 27.8 Å². The van der Waals surface area contributed by atoms with Crippen molar-refractivity contribution >= 4 is 54.6 Å². The van der Waals surface area contributed by atoms with E-state index < -0.39 is 0 Å². The molecule has 10 aromatic rings. The van der Waals surface area contributed by atoms with E-state index in [4.69, 9.17) is 14.4 Å². The fourth-order valence-electron chi connectivity index (χ4n) is 8.77. The summed E-state index contributed by atoms with van der Waals surface area (Å²) < 4.78 is 9.22. The molecule has 7 aromatic carbocycles. The van der Waals surface area contributed by atoms with Crippen molar-refractivity contribution in [2.45, 2.75) is 19.3 Å². The first kappa shape index (κ1) is 28.3. The monoisotopic (exact) mass is 653 g/mol. The zero-order chi connectivity index (χ0) is 33.8. The summed E-state index contributed by atoms with van der Waals surface area (Å²) in [7, 11) is 0. The van der Waals surface area contributed by atoms with E-state index in [2.05, 4.69) is 170 Å². The van der Waals surface area contributed by atoms with E-state index in [9.17, 15) is 0 Å². The summed E-state index contributed by atoms with van der Waals surface area (Å²) in [5.41, 5.74) is 13.8. The smallest absolute Gasteiger partial charge is 0.164 e. The van der Waals surface area contributed by atoms with E-state index in [1.54, 1.807) is 0 Å². The average Bonchev–Trinajstić information content (AvgIpc) is 3.80. The molecular weight excluding hydrogens is 623 g/mol. The van der Waals surface area contributed by atoms with Crippen LogP contribution >= 0.6 is 0 Å². The van der Waals surface area contributed by atoms with Crippen LogP contribution in [0.5, 0.6) is 0 Å². The van der Waals surface area contributed by atoms with E-state index in [0.29, 0.717) is 5.82 Å². The molecule has 4 nitrogen and oxygen atoms in total. The van der Waals surface area contributed by atoms with Gasteiger partial charge in [0.25, 0.3) is 0 Å². The van der Waals surface area contributed by atoms with Crippen LogP contribution in [-0.4, -0.2) is 14.5 Å². The molecule has 51 heavy (non-hydrogen) atoms. The van der Waals surface area contributed by atoms with E-state index in [0.717, 1.165) is 60.9 Å². The quantitative estimate of drug-likeness (QED) is 0.191. The lowest BCUT2D eigenvalue weighted by Crippen LogP contribution is -2.16. The molecule has 0 unspecified atom stereocenters. The largest absolute Gasteiger partial charge is 0.455 e. The number of hydrogen-bond acceptors (Lipinski definition) is 3. The molecule has 0 saturated carbocycles. The van der Waals surface area contributed by atoms with Gasteiger partial charge in [-0.15, -0.1) is 0 Å². The maximum Gasteiger partial charge on any atom is 0.164 e. The topological polar surface area (TPSA) is 43.9 Å². The minimum atomic E-state index is -0.227. The fraction of sp³-hybridized carbons (Fsp3) is 0.0638. The minimum Gasteiger partial charge on any atom is -0.455 e. The molecule has 3 heterocycles. The van der Waals surface area contributed by atoms with Crippen LogP contribution in [0.4, 0.5) is 0 Å². The summed E-state index contributed by atoms with van der Waals surface area (Å²) in [6.07, 6.45) is 0. The molecule has 1 aliphatic rings. The van der Waals surface area contributed by atoms with Crippen LogP contribution in [0, 0.1) is 0 Å². The molecular formula is C47H31N3O. The number of para-hydroxylation sites is 3. The first-order chi connectivity index (χ1) is 25.1. The van der Waals surface area contributed by atoms with Crippen molar-refractivity contribution in [3.63, 3.8) is 0 Å². The number of aromatic nitrogens is 3. The molecule has 0 aliphatic heterocycles. The second kappa shape index (κ2) is 10.3. The number of rotatable bonds is 3. The Hall–Kier alpha value is -6.52. The number of nitrogens with zero attached hydrogens (tertiary/aromatic N) is 3. The zero-order valence-corrected chi connectivity index (χ0v) is 28.2. The van der Waals surface area contributed by atoms with Gasteiger partial charge >= 0.3 is 0 Å². The van der Waals surface area contributed by atoms with Gasteiger partial charge in [0.1, 0.15) is 11.2 Å². The van der Waals surface area contributed by atoms with Crippen molar-refractivity contribution < 1.29 is 4.42 Å². The Morgan fingerprint density at radius 3 is 2.12 bits per heavy atom. The van der Waals surface area contributed by atoms with Gasteiger partial charge in [-0.05, 0) is 64.7 Å². The van der Waals surface area contributed by atoms with E-state index >= 15 is 0 Å². The summed E-state index contributed by atoms with van der Waals surface area (Å²) in [4.78, 5) is 10.8. The van der Waals surface area contributed by atoms with Gasteiger partial charge in [0.2, 0.25) is 0 Å². The molecule has 11 rings (SSSR count). The Balaban J connectivity index is 1.23. The third-order valence-corrected chi connectivity index (χ3v) is 11.0. The van der Waals surface area contributed by atoms with Crippen LogP contribution in [-0.2, 0) is 5.41 Å². The Morgan fingerprint density at radius 1 is 0.529 bits per heavy atom. The predicted molar refractivity (Wildman–Crippen MR) is 210 cm³/mol. The molecule has 4 heteroatoms. The standard InChI is InChI=1S/C47H31N3O/c1-47(2)36-22-11-9-18-30(36)31-24-25-34-43(28-14-5-3-6-15-28)48-46(49-44(34)42(31)47)35-21-13-20-33-41-39(51-45(33)35)27-26-38-40(41)32-19-10-12-23-37(32)50(38)29-16-7-4-8-17-29/h3-27H,1-2H3. The van der Waals surface area contributed by atoms with Crippen molar-refractivity contribution in [2.75, 3.05) is 0 Å². The highest BCUT2D eigenvalue weighted by atomic mass is 16.3. The van der Waals surface area contributed by atoms with Crippen LogP contribution < -0.4 is 0 Å². The maximum absolute atomic E-state index is 6.86. The normalized spacial score (nSPS) is 13.5. The minimum absolute atomic E-state index is 0.227. The van der Waals surface area contributed by atoms with Crippen LogP contribution in [0.15, 0.2) is 156 Å². The van der Waals surface area contributed by atoms with Crippen molar-refractivity contribution in [3.05, 3.63) is 163 Å². The summed E-state index contributed by atoms with van der Waals surface area (Å²) in [6.45, 7) is 4.64. The van der Waals surface area contributed by atoms with E-state index in [1.807, 2.05) is 0 Å². The highest BCUT2D eigenvalue weighted by Gasteiger charge is 2.38. The van der Waals surface area contributed by atoms with Crippen molar-refractivity contribution in [3.8, 4) is 39.5 Å². The number of hydrogen-bond donors (Lipinski definition) is 0. The summed E-state index contributed by atoms with van der Waals surface area (Å²) in [6, 6.07) is 53.7. The average molecular weight is 654 g/mol. The Kier molecular flexibility index (Phi) is 5.70. The van der Waals surface area contributed by atoms with Crippen molar-refractivity contribution in [1.29, 1.82) is 0 Å². The Bertz CT molecular complexity index is 3040. The molecule has 0 fully saturated rings. The zero-order valence-electron chi connectivity index (χ0n) is 28.2. The van der Waals surface area contributed by atoms with Gasteiger partial charge in [-0.3, -0.25) is 0 Å². The van der Waals surface area contributed by atoms with E-state index in [1.165, 1.54) is 38.5 Å². The third kappa shape index (κ3) is 3.85. The predicted octanol–water partition coefficient (Wildman–Crippen LogP) is 12.3. The molecule has 0 saturated heterocycles. The highest BCUT2D eigenvalue weighted by molar-refractivity contribution is 6.28. The second-order valence-corrected chi connectivity index (χ2v) is 14.1. The lowest BCUT2D eigenvalue weighted by molar-refractivity contribution is 0.664. The van der Waals surface area contributed by atoms with Gasteiger partial charge in [-0.2, -0.15) is 0 Å². The van der Waals surface area contributed by atoms with Crippen LogP contribution in [0.2, 0.25) is 0 Å². The number of furan rings is 1. The molecule has 3 aromatic heterocycles. The Labute approximate surface area is 294 Å². The van der Waals surface area contributed by atoms with E-state index in [-0.39, 0.29) is 5.41 Å². The summed E-state index contributed by atoms with van der Waals surface area (Å²) >= 11 is 0. The van der Waals surface area contributed by atoms with Crippen LogP contribution in [0.1, 0.15) is 25.0 Å². The van der Waals surface area contributed by atoms with Gasteiger partial charge in [0.15, 0.2) is 5.82 Å². The molecule has 0 amide bonds. The van der Waals surface area contributed by atoms with Crippen LogP contribution in [0.3, 0.4) is 0 Å².